The summed E-state index contributed by atoms with van der Waals surface area (Å²) in [4.78, 5) is 0. The van der Waals surface area contributed by atoms with Gasteiger partial charge >= 0.3 is 0 Å². The Morgan fingerprint density at radius 1 is 1.05 bits per heavy atom. The zero-order valence-corrected chi connectivity index (χ0v) is 13.0. The largest absolute Gasteiger partial charge is 0.377 e. The van der Waals surface area contributed by atoms with Gasteiger partial charge in [0, 0.05) is 6.04 Å². The predicted molar refractivity (Wildman–Crippen MR) is 81.4 cm³/mol. The van der Waals surface area contributed by atoms with Crippen molar-refractivity contribution in [1.82, 2.24) is 5.32 Å². The summed E-state index contributed by atoms with van der Waals surface area (Å²) in [5, 5.41) is 3.68. The molecule has 2 nitrogen and oxygen atoms in total. The third-order valence-electron chi connectivity index (χ3n) is 5.08. The Hall–Kier alpha value is -0.0800. The Balaban J connectivity index is 1.75. The molecule has 0 aromatic rings. The van der Waals surface area contributed by atoms with E-state index in [1.54, 1.807) is 0 Å². The van der Waals surface area contributed by atoms with Crippen molar-refractivity contribution in [2.45, 2.75) is 83.8 Å². The van der Waals surface area contributed by atoms with E-state index in [0.29, 0.717) is 12.1 Å². The van der Waals surface area contributed by atoms with E-state index < -0.39 is 0 Å². The third-order valence-corrected chi connectivity index (χ3v) is 5.08. The van der Waals surface area contributed by atoms with Gasteiger partial charge in [0.25, 0.3) is 0 Å². The van der Waals surface area contributed by atoms with Crippen LogP contribution < -0.4 is 5.32 Å². The number of likely N-dealkylation sites (N-methyl/N-ethyl adjacent to an activating group) is 1. The summed E-state index contributed by atoms with van der Waals surface area (Å²) in [5.41, 5.74) is 0. The standard InChI is InChI=1S/C17H33NO/c1-3-18-17(15-9-5-4-6-10-15)13-19-16-11-7-8-14(2)12-16/h14-18H,3-13H2,1-2H3. The summed E-state index contributed by atoms with van der Waals surface area (Å²) in [6.07, 6.45) is 13.0. The minimum atomic E-state index is 0.536. The normalized spacial score (nSPS) is 31.3. The lowest BCUT2D eigenvalue weighted by Crippen LogP contribution is -2.42. The summed E-state index contributed by atoms with van der Waals surface area (Å²) < 4.78 is 6.26. The fraction of sp³-hybridized carbons (Fsp3) is 1.00. The molecule has 0 heterocycles. The van der Waals surface area contributed by atoms with E-state index in [1.807, 2.05) is 0 Å². The summed E-state index contributed by atoms with van der Waals surface area (Å²) in [6, 6.07) is 0.600. The maximum absolute atomic E-state index is 6.26. The van der Waals surface area contributed by atoms with Crippen LogP contribution >= 0.6 is 0 Å². The Morgan fingerprint density at radius 2 is 1.84 bits per heavy atom. The van der Waals surface area contributed by atoms with Crippen molar-refractivity contribution in [3.63, 3.8) is 0 Å². The average molecular weight is 267 g/mol. The molecule has 3 unspecified atom stereocenters. The molecule has 0 radical (unpaired) electrons. The highest BCUT2D eigenvalue weighted by Gasteiger charge is 2.25. The molecule has 2 heteroatoms. The van der Waals surface area contributed by atoms with E-state index in [0.717, 1.165) is 25.0 Å². The van der Waals surface area contributed by atoms with Crippen LogP contribution in [-0.2, 0) is 4.74 Å². The molecular formula is C17H33NO. The maximum atomic E-state index is 6.26. The van der Waals surface area contributed by atoms with Crippen LogP contribution in [0, 0.1) is 11.8 Å². The van der Waals surface area contributed by atoms with E-state index in [4.69, 9.17) is 4.74 Å². The lowest BCUT2D eigenvalue weighted by Gasteiger charge is -2.33. The van der Waals surface area contributed by atoms with Crippen molar-refractivity contribution in [2.75, 3.05) is 13.2 Å². The number of rotatable bonds is 6. The van der Waals surface area contributed by atoms with E-state index in [2.05, 4.69) is 19.2 Å². The van der Waals surface area contributed by atoms with Gasteiger partial charge in [-0.15, -0.1) is 0 Å². The van der Waals surface area contributed by atoms with Crippen LogP contribution in [0.5, 0.6) is 0 Å². The zero-order chi connectivity index (χ0) is 13.5. The number of ether oxygens (including phenoxy) is 1. The smallest absolute Gasteiger partial charge is 0.0626 e. The second kappa shape index (κ2) is 8.26. The van der Waals surface area contributed by atoms with E-state index >= 15 is 0 Å². The van der Waals surface area contributed by atoms with Crippen molar-refractivity contribution in [3.8, 4) is 0 Å². The quantitative estimate of drug-likeness (QED) is 0.781. The molecule has 19 heavy (non-hydrogen) atoms. The first-order chi connectivity index (χ1) is 9.29. The highest BCUT2D eigenvalue weighted by molar-refractivity contribution is 4.80. The first-order valence-corrected chi connectivity index (χ1v) is 8.64. The molecule has 2 fully saturated rings. The molecular weight excluding hydrogens is 234 g/mol. The van der Waals surface area contributed by atoms with Gasteiger partial charge in [-0.1, -0.05) is 46.0 Å². The molecule has 0 aliphatic heterocycles. The van der Waals surface area contributed by atoms with Crippen molar-refractivity contribution in [3.05, 3.63) is 0 Å². The van der Waals surface area contributed by atoms with Crippen LogP contribution in [0.25, 0.3) is 0 Å². The number of nitrogens with one attached hydrogen (secondary N) is 1. The highest BCUT2D eigenvalue weighted by atomic mass is 16.5. The Morgan fingerprint density at radius 3 is 2.53 bits per heavy atom. The fourth-order valence-electron chi connectivity index (χ4n) is 3.93. The van der Waals surface area contributed by atoms with Crippen LogP contribution in [0.15, 0.2) is 0 Å². The number of hydrogen-bond donors (Lipinski definition) is 1. The molecule has 2 aliphatic carbocycles. The highest BCUT2D eigenvalue weighted by Crippen LogP contribution is 2.29. The molecule has 0 saturated heterocycles. The predicted octanol–water partition coefficient (Wildman–Crippen LogP) is 4.14. The third kappa shape index (κ3) is 5.07. The second-order valence-corrected chi connectivity index (χ2v) is 6.79. The molecule has 112 valence electrons. The Kier molecular flexibility index (Phi) is 6.66. The van der Waals surface area contributed by atoms with Crippen LogP contribution in [0.2, 0.25) is 0 Å². The molecule has 0 amide bonds. The topological polar surface area (TPSA) is 21.3 Å². The van der Waals surface area contributed by atoms with Crippen LogP contribution in [0.1, 0.15) is 71.6 Å². The van der Waals surface area contributed by atoms with Gasteiger partial charge in [-0.3, -0.25) is 0 Å². The van der Waals surface area contributed by atoms with E-state index in [1.165, 1.54) is 57.8 Å². The monoisotopic (exact) mass is 267 g/mol. The van der Waals surface area contributed by atoms with Crippen molar-refractivity contribution < 1.29 is 4.74 Å². The Labute approximate surface area is 119 Å². The van der Waals surface area contributed by atoms with E-state index in [-0.39, 0.29) is 0 Å². The molecule has 3 atom stereocenters. The minimum absolute atomic E-state index is 0.536. The summed E-state index contributed by atoms with van der Waals surface area (Å²) >= 11 is 0. The van der Waals surface area contributed by atoms with Crippen molar-refractivity contribution in [2.24, 2.45) is 11.8 Å². The summed E-state index contributed by atoms with van der Waals surface area (Å²) in [5.74, 6) is 1.72. The molecule has 2 saturated carbocycles. The van der Waals surface area contributed by atoms with Crippen LogP contribution in [0.3, 0.4) is 0 Å². The lowest BCUT2D eigenvalue weighted by molar-refractivity contribution is -0.00615. The first-order valence-electron chi connectivity index (χ1n) is 8.64. The van der Waals surface area contributed by atoms with Crippen molar-refractivity contribution >= 4 is 0 Å². The molecule has 0 spiro atoms. The van der Waals surface area contributed by atoms with Gasteiger partial charge in [-0.2, -0.15) is 0 Å². The average Bonchev–Trinajstić information content (AvgIpc) is 2.44. The van der Waals surface area contributed by atoms with Gasteiger partial charge in [0.15, 0.2) is 0 Å². The zero-order valence-electron chi connectivity index (χ0n) is 13.0. The second-order valence-electron chi connectivity index (χ2n) is 6.79. The van der Waals surface area contributed by atoms with Crippen LogP contribution in [-0.4, -0.2) is 25.3 Å². The van der Waals surface area contributed by atoms with Crippen LogP contribution in [0.4, 0.5) is 0 Å². The summed E-state index contributed by atoms with van der Waals surface area (Å²) in [6.45, 7) is 6.61. The van der Waals surface area contributed by atoms with Gasteiger partial charge in [0.2, 0.25) is 0 Å². The summed E-state index contributed by atoms with van der Waals surface area (Å²) in [7, 11) is 0. The SMILES string of the molecule is CCNC(COC1CCCC(C)C1)C1CCCCC1. The van der Waals surface area contributed by atoms with Gasteiger partial charge in [0.05, 0.1) is 12.7 Å². The lowest BCUT2D eigenvalue weighted by atomic mass is 9.84. The van der Waals surface area contributed by atoms with Gasteiger partial charge in [-0.25, -0.2) is 0 Å². The van der Waals surface area contributed by atoms with Gasteiger partial charge < -0.3 is 10.1 Å². The molecule has 0 bridgehead atoms. The van der Waals surface area contributed by atoms with E-state index in [9.17, 15) is 0 Å². The fourth-order valence-corrected chi connectivity index (χ4v) is 3.93. The molecule has 0 aromatic heterocycles. The number of hydrogen-bond acceptors (Lipinski definition) is 2. The molecule has 0 aromatic carbocycles. The molecule has 2 aliphatic rings. The Bertz CT molecular complexity index is 237. The van der Waals surface area contributed by atoms with Gasteiger partial charge in [-0.05, 0) is 44.1 Å². The van der Waals surface area contributed by atoms with Gasteiger partial charge in [0.1, 0.15) is 0 Å². The maximum Gasteiger partial charge on any atom is 0.0626 e. The minimum Gasteiger partial charge on any atom is -0.377 e. The molecule has 1 N–H and O–H groups in total. The first kappa shape index (κ1) is 15.3. The van der Waals surface area contributed by atoms with Crippen molar-refractivity contribution in [1.29, 1.82) is 0 Å². The molecule has 2 rings (SSSR count).